The number of aromatic nitrogens is 2. The van der Waals surface area contributed by atoms with Crippen LogP contribution in [0.3, 0.4) is 0 Å². The lowest BCUT2D eigenvalue weighted by Gasteiger charge is -2.26. The maximum absolute atomic E-state index is 13.5. The largest absolute Gasteiger partial charge is 0.299 e. The maximum Gasteiger partial charge on any atom is 0.263 e. The second-order valence-electron chi connectivity index (χ2n) is 9.28. The Balaban J connectivity index is 1.45. The second-order valence-corrected chi connectivity index (χ2v) is 9.28. The fourth-order valence-corrected chi connectivity index (χ4v) is 4.96. The lowest BCUT2D eigenvalue weighted by Crippen LogP contribution is -2.45. The number of carbonyl (C=O) groups excluding carboxylic acids is 2. The number of likely N-dealkylation sites (tertiary alicyclic amines) is 1. The Morgan fingerprint density at radius 1 is 1.00 bits per heavy atom. The molecule has 2 fully saturated rings. The molecule has 178 valence electrons. The van der Waals surface area contributed by atoms with Crippen molar-refractivity contribution in [2.75, 3.05) is 13.1 Å². The van der Waals surface area contributed by atoms with E-state index in [9.17, 15) is 14.4 Å². The molecule has 2 aliphatic rings. The molecule has 1 aromatic heterocycles. The summed E-state index contributed by atoms with van der Waals surface area (Å²) in [6.07, 6.45) is 4.33. The predicted molar refractivity (Wildman–Crippen MR) is 134 cm³/mol. The van der Waals surface area contributed by atoms with Crippen molar-refractivity contribution < 1.29 is 9.59 Å². The zero-order valence-electron chi connectivity index (χ0n) is 19.8. The number of aryl methyl sites for hydroxylation is 1. The molecule has 35 heavy (non-hydrogen) atoms. The minimum Gasteiger partial charge on any atom is -0.299 e. The Hall–Kier alpha value is -3.76. The molecular formula is C28H28N4O3. The van der Waals surface area contributed by atoms with Gasteiger partial charge < -0.3 is 0 Å². The van der Waals surface area contributed by atoms with Crippen molar-refractivity contribution in [1.29, 1.82) is 0 Å². The van der Waals surface area contributed by atoms with Gasteiger partial charge in [-0.05, 0) is 69.1 Å². The number of hydrogen-bond donors (Lipinski definition) is 1. The van der Waals surface area contributed by atoms with E-state index in [1.165, 1.54) is 29.4 Å². The number of nitrogens with zero attached hydrogens (tertiary/aromatic N) is 3. The minimum atomic E-state index is -0.759. The van der Waals surface area contributed by atoms with Gasteiger partial charge in [0.2, 0.25) is 11.8 Å². The van der Waals surface area contributed by atoms with E-state index in [4.69, 9.17) is 0 Å². The fourth-order valence-electron chi connectivity index (χ4n) is 4.96. The first-order valence-electron chi connectivity index (χ1n) is 12.2. The first-order valence-corrected chi connectivity index (χ1v) is 12.2. The number of benzene rings is 2. The van der Waals surface area contributed by atoms with E-state index in [1.54, 1.807) is 19.1 Å². The summed E-state index contributed by atoms with van der Waals surface area (Å²) in [4.78, 5) is 44.6. The fraction of sp³-hybridized carbons (Fsp3) is 0.357. The Labute approximate surface area is 204 Å². The van der Waals surface area contributed by atoms with Crippen LogP contribution in [-0.4, -0.2) is 39.4 Å². The molecule has 2 aromatic carbocycles. The molecular weight excluding hydrogens is 440 g/mol. The third kappa shape index (κ3) is 4.89. The number of rotatable bonds is 3. The van der Waals surface area contributed by atoms with Gasteiger partial charge in [0, 0.05) is 24.1 Å². The van der Waals surface area contributed by atoms with Crippen LogP contribution in [0.5, 0.6) is 0 Å². The Morgan fingerprint density at radius 2 is 1.77 bits per heavy atom. The topological polar surface area (TPSA) is 84.3 Å². The highest BCUT2D eigenvalue weighted by atomic mass is 16.2. The van der Waals surface area contributed by atoms with Gasteiger partial charge in [0.25, 0.3) is 5.56 Å². The average molecular weight is 469 g/mol. The van der Waals surface area contributed by atoms with Crippen molar-refractivity contribution in [2.45, 2.75) is 51.6 Å². The summed E-state index contributed by atoms with van der Waals surface area (Å²) in [7, 11) is 0. The summed E-state index contributed by atoms with van der Waals surface area (Å²) in [5.41, 5.74) is 2.94. The number of hydrogen-bond acceptors (Lipinski definition) is 5. The van der Waals surface area contributed by atoms with Crippen molar-refractivity contribution >= 4 is 22.7 Å². The molecule has 0 saturated carbocycles. The van der Waals surface area contributed by atoms with Crippen molar-refractivity contribution in [3.05, 3.63) is 75.3 Å². The first-order chi connectivity index (χ1) is 17.0. The number of piperidine rings is 2. The van der Waals surface area contributed by atoms with E-state index >= 15 is 0 Å². The van der Waals surface area contributed by atoms with Gasteiger partial charge in [-0.25, -0.2) is 4.98 Å². The maximum atomic E-state index is 13.5. The lowest BCUT2D eigenvalue weighted by atomic mass is 10.0. The smallest absolute Gasteiger partial charge is 0.263 e. The Bertz CT molecular complexity index is 1410. The van der Waals surface area contributed by atoms with Crippen LogP contribution in [0.2, 0.25) is 0 Å². The van der Waals surface area contributed by atoms with Crippen LogP contribution >= 0.6 is 0 Å². The SMILES string of the molecule is Cc1nc2cccc(C#Cc3ccc(CN4CCCCC4)cc3)c2c(=O)n1C1CCC(=O)NC1=O. The molecule has 2 saturated heterocycles. The average Bonchev–Trinajstić information content (AvgIpc) is 2.85. The highest BCUT2D eigenvalue weighted by molar-refractivity contribution is 5.99. The van der Waals surface area contributed by atoms with Gasteiger partial charge >= 0.3 is 0 Å². The zero-order chi connectivity index (χ0) is 24.4. The van der Waals surface area contributed by atoms with Gasteiger partial charge in [-0.1, -0.05) is 36.5 Å². The van der Waals surface area contributed by atoms with Crippen LogP contribution in [0.25, 0.3) is 10.9 Å². The van der Waals surface area contributed by atoms with Crippen LogP contribution < -0.4 is 10.9 Å². The zero-order valence-corrected chi connectivity index (χ0v) is 19.8. The van der Waals surface area contributed by atoms with Crippen LogP contribution in [-0.2, 0) is 16.1 Å². The van der Waals surface area contributed by atoms with Gasteiger partial charge in [-0.3, -0.25) is 29.2 Å². The van der Waals surface area contributed by atoms with Crippen LogP contribution in [0.4, 0.5) is 0 Å². The van der Waals surface area contributed by atoms with E-state index in [0.29, 0.717) is 22.3 Å². The Kier molecular flexibility index (Phi) is 6.47. The highest BCUT2D eigenvalue weighted by Gasteiger charge is 2.30. The summed E-state index contributed by atoms with van der Waals surface area (Å²) in [5.74, 6) is 5.97. The molecule has 0 aliphatic carbocycles. The standard InChI is InChI=1S/C28H28N4O3/c1-19-29-23-7-5-6-22(26(23)28(35)32(19)24-14-15-25(33)30-27(24)34)13-12-20-8-10-21(11-9-20)18-31-16-3-2-4-17-31/h5-11,24H,2-4,14-18H2,1H3,(H,30,33,34). The van der Waals surface area contributed by atoms with E-state index in [0.717, 1.165) is 25.2 Å². The van der Waals surface area contributed by atoms with Crippen molar-refractivity contribution in [1.82, 2.24) is 19.8 Å². The van der Waals surface area contributed by atoms with Gasteiger partial charge in [0.1, 0.15) is 11.9 Å². The number of amides is 2. The lowest BCUT2D eigenvalue weighted by molar-refractivity contribution is -0.135. The van der Waals surface area contributed by atoms with Crippen molar-refractivity contribution in [3.63, 3.8) is 0 Å². The summed E-state index contributed by atoms with van der Waals surface area (Å²) in [5, 5.41) is 2.71. The molecule has 5 rings (SSSR count). The van der Waals surface area contributed by atoms with E-state index < -0.39 is 11.9 Å². The molecule has 1 unspecified atom stereocenters. The molecule has 1 N–H and O–H groups in total. The van der Waals surface area contributed by atoms with Crippen LogP contribution in [0.1, 0.15) is 60.7 Å². The number of nitrogens with one attached hydrogen (secondary N) is 1. The monoisotopic (exact) mass is 468 g/mol. The molecule has 3 heterocycles. The van der Waals surface area contributed by atoms with Gasteiger partial charge in [0.15, 0.2) is 0 Å². The normalized spacial score (nSPS) is 18.7. The van der Waals surface area contributed by atoms with Gasteiger partial charge in [-0.2, -0.15) is 0 Å². The number of fused-ring (bicyclic) bond motifs is 1. The molecule has 1 atom stereocenters. The van der Waals surface area contributed by atoms with Gasteiger partial charge in [0.05, 0.1) is 10.9 Å². The number of carbonyl (C=O) groups is 2. The molecule has 2 amide bonds. The second kappa shape index (κ2) is 9.85. The highest BCUT2D eigenvalue weighted by Crippen LogP contribution is 2.21. The quantitative estimate of drug-likeness (QED) is 0.472. The van der Waals surface area contributed by atoms with E-state index in [1.807, 2.05) is 18.2 Å². The first kappa shape index (κ1) is 23.0. The molecule has 0 spiro atoms. The number of imide groups is 1. The van der Waals surface area contributed by atoms with E-state index in [2.05, 4.69) is 39.2 Å². The molecule has 2 aliphatic heterocycles. The van der Waals surface area contributed by atoms with Gasteiger partial charge in [-0.15, -0.1) is 0 Å². The molecule has 7 heteroatoms. The van der Waals surface area contributed by atoms with Crippen LogP contribution in [0, 0.1) is 18.8 Å². The predicted octanol–water partition coefficient (Wildman–Crippen LogP) is 3.07. The summed E-state index contributed by atoms with van der Waals surface area (Å²) in [6, 6.07) is 12.9. The molecule has 0 radical (unpaired) electrons. The van der Waals surface area contributed by atoms with Crippen molar-refractivity contribution in [2.24, 2.45) is 0 Å². The van der Waals surface area contributed by atoms with Crippen LogP contribution in [0.15, 0.2) is 47.3 Å². The third-order valence-corrected chi connectivity index (χ3v) is 6.78. The summed E-state index contributed by atoms with van der Waals surface area (Å²) < 4.78 is 1.39. The van der Waals surface area contributed by atoms with E-state index in [-0.39, 0.29) is 24.3 Å². The molecule has 3 aromatic rings. The third-order valence-electron chi connectivity index (χ3n) is 6.78. The minimum absolute atomic E-state index is 0.190. The van der Waals surface area contributed by atoms with Crippen molar-refractivity contribution in [3.8, 4) is 11.8 Å². The molecule has 0 bridgehead atoms. The molecule has 7 nitrogen and oxygen atoms in total. The summed E-state index contributed by atoms with van der Waals surface area (Å²) >= 11 is 0. The summed E-state index contributed by atoms with van der Waals surface area (Å²) in [6.45, 7) is 4.98. The Morgan fingerprint density at radius 3 is 2.51 bits per heavy atom.